The molecule has 136 valence electrons. The van der Waals surface area contributed by atoms with Crippen LogP contribution in [0.2, 0.25) is 13.1 Å². The van der Waals surface area contributed by atoms with Gasteiger partial charge in [-0.2, -0.15) is 12.2 Å². The van der Waals surface area contributed by atoms with Crippen molar-refractivity contribution in [2.45, 2.75) is 78.3 Å². The Kier molecular flexibility index (Phi) is 26.6. The monoisotopic (exact) mass is 462 g/mol. The molecular weight excluding hydrogens is 430 g/mol. The van der Waals surface area contributed by atoms with Crippen LogP contribution in [0.25, 0.3) is 0 Å². The van der Waals surface area contributed by atoms with Crippen molar-refractivity contribution in [1.82, 2.24) is 0 Å². The number of allylic oxidation sites excluding steroid dienone is 8. The second-order valence-corrected chi connectivity index (χ2v) is 15.2. The maximum atomic E-state index is 3.16. The van der Waals surface area contributed by atoms with Crippen molar-refractivity contribution < 1.29 is 23.3 Å². The van der Waals surface area contributed by atoms with Crippen molar-refractivity contribution in [3.63, 3.8) is 0 Å². The molecule has 0 aromatic carbocycles. The molecule has 0 spiro atoms. The average molecular weight is 465 g/mol. The number of halogens is 2. The predicted octanol–water partition coefficient (Wildman–Crippen LogP) is 7.36. The van der Waals surface area contributed by atoms with Crippen LogP contribution in [0.4, 0.5) is 0 Å². The van der Waals surface area contributed by atoms with Crippen LogP contribution in [0.15, 0.2) is 35.5 Å². The molecule has 0 aromatic heterocycles. The van der Waals surface area contributed by atoms with Gasteiger partial charge in [-0.15, -0.1) is 37.7 Å². The number of hydrogen-bond donors (Lipinski definition) is 0. The molecule has 0 N–H and O–H groups in total. The van der Waals surface area contributed by atoms with Gasteiger partial charge in [0.25, 0.3) is 0 Å². The Bertz CT molecular complexity index is 385. The fourth-order valence-electron chi connectivity index (χ4n) is 1.99. The Hall–Kier alpha value is 0.640. The molecule has 0 bridgehead atoms. The summed E-state index contributed by atoms with van der Waals surface area (Å²) in [7, 11) is 0. The van der Waals surface area contributed by atoms with Crippen molar-refractivity contribution in [3.8, 4) is 0 Å². The van der Waals surface area contributed by atoms with Crippen LogP contribution >= 0.6 is 24.8 Å². The molecule has 24 heavy (non-hydrogen) atoms. The van der Waals surface area contributed by atoms with E-state index in [0.717, 1.165) is 12.8 Å². The van der Waals surface area contributed by atoms with Crippen LogP contribution in [0.5, 0.6) is 0 Å². The Morgan fingerprint density at radius 3 is 1.42 bits per heavy atom. The Balaban J connectivity index is -0.000000283. The minimum atomic E-state index is 0. The molecule has 2 aliphatic carbocycles. The van der Waals surface area contributed by atoms with Crippen molar-refractivity contribution >= 4 is 30.2 Å². The van der Waals surface area contributed by atoms with Gasteiger partial charge in [-0.05, 0) is 0 Å². The molecule has 0 unspecified atom stereocenters. The summed E-state index contributed by atoms with van der Waals surface area (Å²) in [6.45, 7) is 9.07. The molecule has 0 saturated carbocycles. The summed E-state index contributed by atoms with van der Waals surface area (Å²) in [5.41, 5.74) is 3.18. The molecule has 0 radical (unpaired) electrons. The van der Waals surface area contributed by atoms with E-state index in [-0.39, 0.29) is 30.2 Å². The maximum absolute atomic E-state index is 3.16. The summed E-state index contributed by atoms with van der Waals surface area (Å²) >= 11 is 1.74. The van der Waals surface area contributed by atoms with Crippen molar-refractivity contribution in [1.29, 1.82) is 0 Å². The van der Waals surface area contributed by atoms with E-state index in [1.54, 1.807) is 23.3 Å². The molecule has 0 fully saturated rings. The quantitative estimate of drug-likeness (QED) is 0.284. The second-order valence-electron chi connectivity index (χ2n) is 5.87. The minimum absolute atomic E-state index is 0. The SMILES string of the molecule is CCCCC1=CC[C-]=C1.CCCCC1=CC[C-]=C1.C[Si](C)=[Zr+2].Cl.Cl. The van der Waals surface area contributed by atoms with Crippen LogP contribution < -0.4 is 0 Å². The van der Waals surface area contributed by atoms with Gasteiger partial charge in [-0.1, -0.05) is 52.4 Å². The number of rotatable bonds is 6. The average Bonchev–Trinajstić information content (AvgIpc) is 3.16. The van der Waals surface area contributed by atoms with Gasteiger partial charge in [0, 0.05) is 0 Å². The summed E-state index contributed by atoms with van der Waals surface area (Å²) in [5, 5.41) is 0. The molecule has 2 rings (SSSR count). The molecule has 0 aromatic rings. The first-order chi connectivity index (χ1) is 10.6. The molecule has 0 atom stereocenters. The van der Waals surface area contributed by atoms with Crippen LogP contribution in [0, 0.1) is 12.2 Å². The zero-order chi connectivity index (χ0) is 16.6. The fourth-order valence-corrected chi connectivity index (χ4v) is 1.99. The molecule has 0 nitrogen and oxygen atoms in total. The van der Waals surface area contributed by atoms with Gasteiger partial charge >= 0.3 is 41.9 Å². The topological polar surface area (TPSA) is 0 Å². The van der Waals surface area contributed by atoms with Crippen LogP contribution in [-0.2, 0) is 23.3 Å². The standard InChI is InChI=1S/2C9H13.C2H6Si.2ClH.Zr/c2*1-2-3-6-9-7-4-5-8-9;1-3-2;;;/h2*7-8H,2-4,6H2,1H3;1-2H3;2*1H;/q2*-1;;;;+2. The summed E-state index contributed by atoms with van der Waals surface area (Å²) in [6.07, 6.45) is 24.9. The van der Waals surface area contributed by atoms with E-state index in [9.17, 15) is 0 Å². The van der Waals surface area contributed by atoms with Crippen LogP contribution in [-0.4, -0.2) is 5.43 Å². The summed E-state index contributed by atoms with van der Waals surface area (Å²) < 4.78 is 0. The van der Waals surface area contributed by atoms with E-state index in [1.165, 1.54) is 49.7 Å². The van der Waals surface area contributed by atoms with Gasteiger partial charge in [0.15, 0.2) is 0 Å². The van der Waals surface area contributed by atoms with Crippen molar-refractivity contribution in [3.05, 3.63) is 47.6 Å². The van der Waals surface area contributed by atoms with Gasteiger partial charge in [0.05, 0.1) is 0 Å². The first-order valence-corrected chi connectivity index (χ1v) is 14.8. The number of hydrogen-bond acceptors (Lipinski definition) is 0. The fraction of sp³-hybridized carbons (Fsp3) is 0.600. The first kappa shape index (κ1) is 29.4. The largest absolute Gasteiger partial charge is 0.147 e. The van der Waals surface area contributed by atoms with Gasteiger partial charge in [0.1, 0.15) is 0 Å². The molecule has 4 heteroatoms. The second kappa shape index (κ2) is 21.7. The molecular formula is C20H34Cl2SiZr. The van der Waals surface area contributed by atoms with Gasteiger partial charge in [-0.25, -0.2) is 23.3 Å². The summed E-state index contributed by atoms with van der Waals surface area (Å²) in [6, 6.07) is 0. The molecule has 0 aliphatic heterocycles. The third-order valence-corrected chi connectivity index (χ3v) is 3.18. The maximum Gasteiger partial charge on any atom is -0.147 e. The van der Waals surface area contributed by atoms with Gasteiger partial charge in [0.2, 0.25) is 0 Å². The van der Waals surface area contributed by atoms with E-state index < -0.39 is 0 Å². The molecule has 0 heterocycles. The van der Waals surface area contributed by atoms with Crippen LogP contribution in [0.1, 0.15) is 65.2 Å². The Morgan fingerprint density at radius 1 is 0.875 bits per heavy atom. The van der Waals surface area contributed by atoms with E-state index >= 15 is 0 Å². The zero-order valence-electron chi connectivity index (χ0n) is 15.8. The van der Waals surface area contributed by atoms with E-state index in [1.807, 2.05) is 0 Å². The first-order valence-electron chi connectivity index (χ1n) is 8.63. The normalized spacial score (nSPS) is 13.4. The third kappa shape index (κ3) is 20.7. The summed E-state index contributed by atoms with van der Waals surface area (Å²) in [4.78, 5) is 0. The predicted molar refractivity (Wildman–Crippen MR) is 112 cm³/mol. The van der Waals surface area contributed by atoms with Crippen LogP contribution in [0.3, 0.4) is 0 Å². The van der Waals surface area contributed by atoms with E-state index in [4.69, 9.17) is 0 Å². The smallest absolute Gasteiger partial charge is 0.147 e. The molecule has 0 saturated heterocycles. The number of unbranched alkanes of at least 4 members (excludes halogenated alkanes) is 2. The Morgan fingerprint density at radius 2 is 1.21 bits per heavy atom. The van der Waals surface area contributed by atoms with Crippen molar-refractivity contribution in [2.75, 3.05) is 0 Å². The summed E-state index contributed by atoms with van der Waals surface area (Å²) in [5.74, 6) is 0. The third-order valence-electron chi connectivity index (χ3n) is 3.18. The van der Waals surface area contributed by atoms with Gasteiger partial charge in [-0.3, -0.25) is 12.2 Å². The Labute approximate surface area is 178 Å². The zero-order valence-corrected chi connectivity index (χ0v) is 20.9. The van der Waals surface area contributed by atoms with Gasteiger partial charge < -0.3 is 0 Å². The molecule has 2 aliphatic rings. The van der Waals surface area contributed by atoms with E-state index in [2.05, 4.69) is 63.4 Å². The van der Waals surface area contributed by atoms with Crippen molar-refractivity contribution in [2.24, 2.45) is 0 Å². The van der Waals surface area contributed by atoms with E-state index in [0.29, 0.717) is 0 Å². The minimum Gasteiger partial charge on any atom is -0.147 e. The molecule has 0 amide bonds.